The molecule has 7 rings (SSSR count). The lowest BCUT2D eigenvalue weighted by atomic mass is 9.51. The van der Waals surface area contributed by atoms with E-state index in [2.05, 4.69) is 23.3 Å². The number of anilines is 1. The van der Waals surface area contributed by atoms with E-state index >= 15 is 0 Å². The monoisotopic (exact) mass is 560 g/mol. The topological polar surface area (TPSA) is 166 Å². The summed E-state index contributed by atoms with van der Waals surface area (Å²) in [6.07, 6.45) is 7.01. The highest BCUT2D eigenvalue weighted by Gasteiger charge is 2.71. The third-order valence-corrected chi connectivity index (χ3v) is 9.80. The van der Waals surface area contributed by atoms with Crippen molar-refractivity contribution in [3.8, 4) is 17.2 Å². The number of benzene rings is 2. The molecule has 5 aliphatic rings. The molecule has 2 aromatic rings. The third kappa shape index (κ3) is 4.20. The largest absolute Gasteiger partial charge is 0.508 e. The van der Waals surface area contributed by atoms with E-state index in [-0.39, 0.29) is 40.9 Å². The van der Waals surface area contributed by atoms with Gasteiger partial charge in [0.2, 0.25) is 5.91 Å². The van der Waals surface area contributed by atoms with Gasteiger partial charge in [0.25, 0.3) is 5.91 Å². The number of aromatic hydroxyl groups is 3. The number of hydrogen-bond acceptors (Lipinski definition) is 7. The summed E-state index contributed by atoms with van der Waals surface area (Å²) in [4.78, 5) is 42.3. The summed E-state index contributed by atoms with van der Waals surface area (Å²) >= 11 is 0. The second kappa shape index (κ2) is 9.17. The molecule has 41 heavy (non-hydrogen) atoms. The lowest BCUT2D eigenvalue weighted by Crippen LogP contribution is -2.56. The predicted octanol–water partition coefficient (Wildman–Crippen LogP) is 4.65. The molecule has 2 saturated carbocycles. The van der Waals surface area contributed by atoms with E-state index in [4.69, 9.17) is 4.74 Å². The van der Waals surface area contributed by atoms with E-state index in [0.29, 0.717) is 23.6 Å². The number of nitrogens with zero attached hydrogens (tertiary/aromatic N) is 1. The number of carboxylic acid groups (broad SMARTS) is 1. The first-order valence-electron chi connectivity index (χ1n) is 13.7. The highest BCUT2D eigenvalue weighted by molar-refractivity contribution is 6.11. The minimum atomic E-state index is -1.40. The van der Waals surface area contributed by atoms with Crippen molar-refractivity contribution in [2.75, 3.05) is 5.32 Å². The molecular weight excluding hydrogens is 528 g/mol. The molecule has 0 aromatic heterocycles. The van der Waals surface area contributed by atoms with E-state index in [1.54, 1.807) is 0 Å². The minimum Gasteiger partial charge on any atom is -0.508 e. The van der Waals surface area contributed by atoms with Crippen LogP contribution in [0.25, 0.3) is 0 Å². The van der Waals surface area contributed by atoms with Gasteiger partial charge in [-0.05, 0) is 86.4 Å². The number of rotatable bonds is 6. The Balaban J connectivity index is 1.32. The maximum atomic E-state index is 13.2. The molecular formula is C31H32N2O8. The average molecular weight is 561 g/mol. The second-order valence-electron chi connectivity index (χ2n) is 12.3. The van der Waals surface area contributed by atoms with Crippen molar-refractivity contribution >= 4 is 29.2 Å². The van der Waals surface area contributed by atoms with Gasteiger partial charge in [0.15, 0.2) is 5.75 Å². The number of hydrogen-bond donors (Lipinski definition) is 5. The molecule has 214 valence electrons. The summed E-state index contributed by atoms with van der Waals surface area (Å²) in [6.45, 7) is 4.18. The Labute approximate surface area is 236 Å². The van der Waals surface area contributed by atoms with Crippen molar-refractivity contribution in [2.45, 2.75) is 57.7 Å². The number of amides is 2. The zero-order chi connectivity index (χ0) is 29.3. The summed E-state index contributed by atoms with van der Waals surface area (Å²) in [5.74, 6) is -3.12. The second-order valence-corrected chi connectivity index (χ2v) is 12.3. The number of carbonyl (C=O) groups excluding carboxylic acids is 2. The molecule has 6 atom stereocenters. The van der Waals surface area contributed by atoms with Crippen LogP contribution in [0.2, 0.25) is 0 Å². The van der Waals surface area contributed by atoms with Crippen LogP contribution in [0, 0.1) is 22.7 Å². The smallest absolute Gasteiger partial charge is 0.339 e. The van der Waals surface area contributed by atoms with E-state index in [9.17, 15) is 34.8 Å². The number of carbonyl (C=O) groups is 3. The minimum absolute atomic E-state index is 0.0249. The molecule has 10 heteroatoms. The highest BCUT2D eigenvalue weighted by Crippen LogP contribution is 2.71. The van der Waals surface area contributed by atoms with Crippen LogP contribution in [0.5, 0.6) is 17.2 Å². The molecule has 0 radical (unpaired) electrons. The molecule has 1 spiro atoms. The van der Waals surface area contributed by atoms with Gasteiger partial charge in [-0.2, -0.15) is 0 Å². The van der Waals surface area contributed by atoms with Crippen LogP contribution in [0.15, 0.2) is 53.5 Å². The first kappa shape index (κ1) is 27.0. The Kier molecular flexibility index (Phi) is 6.04. The van der Waals surface area contributed by atoms with Gasteiger partial charge in [0.05, 0.1) is 17.4 Å². The molecule has 2 heterocycles. The summed E-state index contributed by atoms with van der Waals surface area (Å²) in [7, 11) is 0. The number of phenolic OH excluding ortho intramolecular Hbond substituents is 2. The molecule has 5 N–H and O–H groups in total. The Morgan fingerprint density at radius 1 is 1.07 bits per heavy atom. The van der Waals surface area contributed by atoms with Crippen LogP contribution < -0.4 is 5.32 Å². The molecule has 2 amide bonds. The standard InChI is InChI=1S/C31H32N2O8/c1-29(11-10-23(36)33-24-20(35)8-7-19(25(24)37)28(39)40)22(32-27(38)16-3-5-18(34)6-4-16)9-12-31-14-17-13-21(26(29)31)41-30(17,2)15-31/h3-9,12,17,21,26,34-35,37H,10-11,13-15H2,1-2H3,(H,33,36)(H,39,40)/t17-,21+,26+,29-,30+,31+/m1/s1. The predicted molar refractivity (Wildman–Crippen MR) is 148 cm³/mol. The molecule has 2 saturated heterocycles. The van der Waals surface area contributed by atoms with Gasteiger partial charge in [0, 0.05) is 23.3 Å². The van der Waals surface area contributed by atoms with E-state index in [1.807, 2.05) is 13.0 Å². The fraction of sp³-hybridized carbons (Fsp3) is 0.419. The molecule has 4 bridgehead atoms. The zero-order valence-electron chi connectivity index (χ0n) is 22.8. The summed E-state index contributed by atoms with van der Waals surface area (Å²) in [5.41, 5.74) is -1.01. The van der Waals surface area contributed by atoms with Gasteiger partial charge in [-0.15, -0.1) is 0 Å². The first-order valence-corrected chi connectivity index (χ1v) is 13.7. The third-order valence-electron chi connectivity index (χ3n) is 9.80. The van der Waals surface area contributed by atoms with Gasteiger partial charge < -0.3 is 30.5 Å². The molecule has 3 aliphatic carbocycles. The van der Waals surface area contributed by atoms with Crippen molar-refractivity contribution in [1.82, 2.24) is 0 Å². The van der Waals surface area contributed by atoms with Gasteiger partial charge in [-0.1, -0.05) is 13.0 Å². The Morgan fingerprint density at radius 3 is 2.49 bits per heavy atom. The van der Waals surface area contributed by atoms with Crippen LogP contribution in [-0.2, 0) is 9.53 Å². The van der Waals surface area contributed by atoms with Crippen molar-refractivity contribution in [2.24, 2.45) is 27.7 Å². The number of allylic oxidation sites excluding steroid dienone is 2. The first-order chi connectivity index (χ1) is 19.3. The lowest BCUT2D eigenvalue weighted by Gasteiger charge is -2.56. The Bertz CT molecular complexity index is 1530. The quantitative estimate of drug-likeness (QED) is 0.318. The van der Waals surface area contributed by atoms with Gasteiger partial charge >= 0.3 is 5.97 Å². The van der Waals surface area contributed by atoms with Gasteiger partial charge in [-0.25, -0.2) is 9.79 Å². The summed E-state index contributed by atoms with van der Waals surface area (Å²) in [6, 6.07) is 8.01. The van der Waals surface area contributed by atoms with Crippen LogP contribution in [-0.4, -0.2) is 55.6 Å². The Morgan fingerprint density at radius 2 is 1.80 bits per heavy atom. The van der Waals surface area contributed by atoms with E-state index in [0.717, 1.165) is 31.4 Å². The fourth-order valence-corrected chi connectivity index (χ4v) is 8.05. The number of nitrogens with one attached hydrogen (secondary N) is 1. The molecule has 4 fully saturated rings. The number of phenols is 3. The van der Waals surface area contributed by atoms with Crippen LogP contribution >= 0.6 is 0 Å². The number of aliphatic imine (C=N–C) groups is 1. The average Bonchev–Trinajstić information content (AvgIpc) is 3.28. The fourth-order valence-electron chi connectivity index (χ4n) is 8.05. The van der Waals surface area contributed by atoms with Crippen LogP contribution in [0.4, 0.5) is 5.69 Å². The van der Waals surface area contributed by atoms with Gasteiger partial charge in [-0.3, -0.25) is 9.59 Å². The SMILES string of the molecule is C[C@]12C[C@@]34C=CC(=NC(=O)c5ccc(O)cc5)[C@@](C)(CCC(=O)Nc5c(O)ccc(C(=O)O)c5O)[C@@H]3[C@H](C[C@@H]1C4)O2. The number of ether oxygens (including phenoxy) is 1. The summed E-state index contributed by atoms with van der Waals surface area (Å²) in [5, 5.41) is 42.0. The molecule has 2 aromatic carbocycles. The van der Waals surface area contributed by atoms with Crippen molar-refractivity contribution < 1.29 is 39.5 Å². The Hall–Kier alpha value is -4.18. The number of aromatic carboxylic acids is 1. The van der Waals surface area contributed by atoms with Crippen LogP contribution in [0.3, 0.4) is 0 Å². The van der Waals surface area contributed by atoms with Crippen molar-refractivity contribution in [3.05, 3.63) is 59.7 Å². The van der Waals surface area contributed by atoms with Crippen molar-refractivity contribution in [1.29, 1.82) is 0 Å². The normalized spacial score (nSPS) is 33.6. The van der Waals surface area contributed by atoms with E-state index in [1.165, 1.54) is 24.3 Å². The maximum Gasteiger partial charge on any atom is 0.339 e. The molecule has 10 nitrogen and oxygen atoms in total. The lowest BCUT2D eigenvalue weighted by molar-refractivity contribution is -0.145. The zero-order valence-corrected chi connectivity index (χ0v) is 22.8. The number of carboxylic acids is 1. The molecule has 2 aliphatic heterocycles. The van der Waals surface area contributed by atoms with E-state index < -0.39 is 40.3 Å². The van der Waals surface area contributed by atoms with Crippen LogP contribution in [0.1, 0.15) is 66.7 Å². The molecule has 0 unspecified atom stereocenters. The summed E-state index contributed by atoms with van der Waals surface area (Å²) < 4.78 is 6.60. The maximum absolute atomic E-state index is 13.2. The van der Waals surface area contributed by atoms with Crippen molar-refractivity contribution in [3.63, 3.8) is 0 Å². The highest BCUT2D eigenvalue weighted by atomic mass is 16.5. The van der Waals surface area contributed by atoms with Gasteiger partial charge in [0.1, 0.15) is 22.7 Å².